The second-order valence-electron chi connectivity index (χ2n) is 5.17. The molecule has 0 spiro atoms. The highest BCUT2D eigenvalue weighted by molar-refractivity contribution is 7.18. The maximum Gasteiger partial charge on any atom is 0.341 e. The van der Waals surface area contributed by atoms with Crippen molar-refractivity contribution in [2.45, 2.75) is 20.4 Å². The van der Waals surface area contributed by atoms with Gasteiger partial charge < -0.3 is 21.1 Å². The van der Waals surface area contributed by atoms with E-state index in [-0.39, 0.29) is 29.5 Å². The van der Waals surface area contributed by atoms with Gasteiger partial charge in [0.1, 0.15) is 11.5 Å². The summed E-state index contributed by atoms with van der Waals surface area (Å²) in [7, 11) is 0. The number of quaternary nitrogens is 1. The molecule has 134 valence electrons. The van der Waals surface area contributed by atoms with Crippen molar-refractivity contribution in [2.75, 3.05) is 18.5 Å². The van der Waals surface area contributed by atoms with E-state index in [2.05, 4.69) is 5.32 Å². The minimum absolute atomic E-state index is 0.187. The van der Waals surface area contributed by atoms with Crippen LogP contribution in [0.5, 0.6) is 0 Å². The van der Waals surface area contributed by atoms with Crippen molar-refractivity contribution in [3.8, 4) is 0 Å². The number of nitrogens with two attached hydrogens (primary N) is 2. The average Bonchev–Trinajstić information content (AvgIpc) is 3.15. The van der Waals surface area contributed by atoms with Crippen molar-refractivity contribution in [3.05, 3.63) is 38.4 Å². The Balaban J connectivity index is 2.08. The van der Waals surface area contributed by atoms with Crippen LogP contribution < -0.4 is 16.4 Å². The molecule has 2 aromatic rings. The Labute approximate surface area is 153 Å². The smallest absolute Gasteiger partial charge is 0.341 e. The fourth-order valence-electron chi connectivity index (χ4n) is 2.24. The molecule has 0 saturated carbocycles. The van der Waals surface area contributed by atoms with Crippen LogP contribution in [0.3, 0.4) is 0 Å². The quantitative estimate of drug-likeness (QED) is 0.593. The first-order valence-corrected chi connectivity index (χ1v) is 9.37. The van der Waals surface area contributed by atoms with Gasteiger partial charge in [0, 0.05) is 0 Å². The summed E-state index contributed by atoms with van der Waals surface area (Å²) in [6, 6.07) is 3.96. The molecule has 0 fully saturated rings. The molecule has 2 aromatic heterocycles. The number of hydrogen-bond donors (Lipinski definition) is 3. The Hall–Kier alpha value is -2.23. The van der Waals surface area contributed by atoms with Crippen LogP contribution in [-0.2, 0) is 16.1 Å². The van der Waals surface area contributed by atoms with Crippen molar-refractivity contribution in [3.63, 3.8) is 0 Å². The molecule has 0 atom stereocenters. The van der Waals surface area contributed by atoms with E-state index in [0.717, 1.165) is 11.3 Å². The summed E-state index contributed by atoms with van der Waals surface area (Å²) in [5.41, 5.74) is 5.95. The highest BCUT2D eigenvalue weighted by Gasteiger charge is 2.25. The number of hydrogen-bond acceptors (Lipinski definition) is 6. The van der Waals surface area contributed by atoms with E-state index in [0.29, 0.717) is 17.1 Å². The van der Waals surface area contributed by atoms with Gasteiger partial charge in [-0.1, -0.05) is 6.07 Å². The normalized spacial score (nSPS) is 10.5. The molecule has 2 rings (SSSR count). The summed E-state index contributed by atoms with van der Waals surface area (Å²) >= 11 is 2.61. The van der Waals surface area contributed by atoms with Crippen LogP contribution in [0.15, 0.2) is 17.5 Å². The number of carbonyl (C=O) groups excluding carboxylic acids is 3. The van der Waals surface area contributed by atoms with E-state index in [1.54, 1.807) is 25.2 Å². The fraction of sp³-hybridized carbons (Fsp3) is 0.312. The van der Waals surface area contributed by atoms with Crippen LogP contribution >= 0.6 is 22.7 Å². The number of carbonyl (C=O) groups is 3. The third kappa shape index (κ3) is 4.88. The first-order valence-electron chi connectivity index (χ1n) is 7.68. The number of primary amides is 1. The van der Waals surface area contributed by atoms with Crippen LogP contribution in [0.25, 0.3) is 0 Å². The average molecular weight is 382 g/mol. The lowest BCUT2D eigenvalue weighted by molar-refractivity contribution is -0.659. The molecule has 0 aromatic carbocycles. The van der Waals surface area contributed by atoms with E-state index in [9.17, 15) is 14.4 Å². The lowest BCUT2D eigenvalue weighted by atomic mass is 10.1. The van der Waals surface area contributed by atoms with Crippen LogP contribution in [-0.4, -0.2) is 30.9 Å². The van der Waals surface area contributed by atoms with Crippen molar-refractivity contribution in [1.29, 1.82) is 0 Å². The van der Waals surface area contributed by atoms with Crippen molar-refractivity contribution in [1.82, 2.24) is 0 Å². The second-order valence-corrected chi connectivity index (χ2v) is 7.22. The molecule has 0 aliphatic heterocycles. The van der Waals surface area contributed by atoms with Crippen LogP contribution in [0.4, 0.5) is 5.00 Å². The Morgan fingerprint density at radius 1 is 1.36 bits per heavy atom. The molecule has 0 bridgehead atoms. The first kappa shape index (κ1) is 19.1. The van der Waals surface area contributed by atoms with Gasteiger partial charge in [-0.25, -0.2) is 4.79 Å². The zero-order valence-corrected chi connectivity index (χ0v) is 15.6. The summed E-state index contributed by atoms with van der Waals surface area (Å²) in [4.78, 5) is 37.2. The van der Waals surface area contributed by atoms with Crippen molar-refractivity contribution >= 4 is 45.5 Å². The van der Waals surface area contributed by atoms with Crippen LogP contribution in [0.2, 0.25) is 0 Å². The highest BCUT2D eigenvalue weighted by atomic mass is 32.1. The molecule has 2 amide bonds. The van der Waals surface area contributed by atoms with Gasteiger partial charge in [-0.3, -0.25) is 9.59 Å². The van der Waals surface area contributed by atoms with E-state index < -0.39 is 11.9 Å². The maximum atomic E-state index is 12.2. The first-order chi connectivity index (χ1) is 11.9. The summed E-state index contributed by atoms with van der Waals surface area (Å²) in [6.45, 7) is 4.39. The SMILES string of the molecule is CCOC(=O)c1c(NC(=O)C[NH2+]Cc2cccs2)sc(C(N)=O)c1C. The molecule has 25 heavy (non-hydrogen) atoms. The summed E-state index contributed by atoms with van der Waals surface area (Å²) in [5.74, 6) is -1.49. The van der Waals surface area contributed by atoms with Gasteiger partial charge in [-0.05, 0) is 30.9 Å². The van der Waals surface area contributed by atoms with Crippen LogP contribution in [0.1, 0.15) is 37.4 Å². The van der Waals surface area contributed by atoms with Gasteiger partial charge >= 0.3 is 5.97 Å². The molecule has 0 unspecified atom stereocenters. The van der Waals surface area contributed by atoms with Gasteiger partial charge in [0.05, 0.1) is 21.9 Å². The zero-order chi connectivity index (χ0) is 18.4. The molecular formula is C16H20N3O4S2+. The predicted octanol–water partition coefficient (Wildman–Crippen LogP) is 1.10. The van der Waals surface area contributed by atoms with Gasteiger partial charge in [0.15, 0.2) is 6.54 Å². The number of ether oxygens (including phenoxy) is 1. The lowest BCUT2D eigenvalue weighted by Crippen LogP contribution is -2.84. The predicted molar refractivity (Wildman–Crippen MR) is 97.0 cm³/mol. The molecule has 5 N–H and O–H groups in total. The van der Waals surface area contributed by atoms with Gasteiger partial charge in [0.2, 0.25) is 0 Å². The molecule has 0 saturated heterocycles. The van der Waals surface area contributed by atoms with Gasteiger partial charge in [0.25, 0.3) is 11.8 Å². The Morgan fingerprint density at radius 3 is 2.72 bits per heavy atom. The molecule has 0 aliphatic rings. The number of nitrogens with one attached hydrogen (secondary N) is 1. The summed E-state index contributed by atoms with van der Waals surface area (Å²) < 4.78 is 5.01. The fourth-order valence-corrected chi connectivity index (χ4v) is 4.00. The minimum Gasteiger partial charge on any atom is -0.462 e. The summed E-state index contributed by atoms with van der Waals surface area (Å²) in [5, 5.41) is 6.82. The van der Waals surface area contributed by atoms with Crippen molar-refractivity contribution < 1.29 is 24.4 Å². The number of esters is 1. The second kappa shape index (κ2) is 8.75. The largest absolute Gasteiger partial charge is 0.462 e. The number of rotatable bonds is 8. The Bertz CT molecular complexity index is 769. The Morgan fingerprint density at radius 2 is 2.12 bits per heavy atom. The molecule has 2 heterocycles. The third-order valence-corrected chi connectivity index (χ3v) is 5.48. The van der Waals surface area contributed by atoms with E-state index in [1.165, 1.54) is 4.88 Å². The maximum absolute atomic E-state index is 12.2. The summed E-state index contributed by atoms with van der Waals surface area (Å²) in [6.07, 6.45) is 0. The molecule has 9 heteroatoms. The van der Waals surface area contributed by atoms with E-state index in [4.69, 9.17) is 10.5 Å². The van der Waals surface area contributed by atoms with Gasteiger partial charge in [-0.2, -0.15) is 0 Å². The minimum atomic E-state index is -0.641. The molecule has 7 nitrogen and oxygen atoms in total. The molecule has 0 aliphatic carbocycles. The van der Waals surface area contributed by atoms with Crippen molar-refractivity contribution in [2.24, 2.45) is 5.73 Å². The Kier molecular flexibility index (Phi) is 6.68. The standard InChI is InChI=1S/C16H19N3O4S2/c1-3-23-16(22)12-9(2)13(14(17)21)25-15(12)19-11(20)8-18-7-10-5-4-6-24-10/h4-6,18H,3,7-8H2,1-2H3,(H2,17,21)(H,19,20)/p+1. The lowest BCUT2D eigenvalue weighted by Gasteiger charge is -2.06. The number of thiophene rings is 2. The van der Waals surface area contributed by atoms with Crippen LogP contribution in [0, 0.1) is 6.92 Å². The van der Waals surface area contributed by atoms with Gasteiger partial charge in [-0.15, -0.1) is 22.7 Å². The molecular weight excluding hydrogens is 362 g/mol. The van der Waals surface area contributed by atoms with E-state index in [1.807, 2.05) is 22.8 Å². The zero-order valence-electron chi connectivity index (χ0n) is 14.0. The number of amides is 2. The van der Waals surface area contributed by atoms with E-state index >= 15 is 0 Å². The highest BCUT2D eigenvalue weighted by Crippen LogP contribution is 2.33. The molecule has 0 radical (unpaired) electrons. The number of anilines is 1. The third-order valence-electron chi connectivity index (χ3n) is 3.36. The monoisotopic (exact) mass is 382 g/mol. The topological polar surface area (TPSA) is 115 Å².